The lowest BCUT2D eigenvalue weighted by molar-refractivity contribution is -0.131. The first-order chi connectivity index (χ1) is 15.7. The smallest absolute Gasteiger partial charge is 0.272 e. The molecule has 1 saturated heterocycles. The molecule has 0 spiro atoms. The van der Waals surface area contributed by atoms with Gasteiger partial charge in [0.1, 0.15) is 17.1 Å². The molecule has 1 amide bonds. The number of benzene rings is 2. The SMILES string of the molecule is CC(C)(Oc1ccc(Cl)cc1)C(=O)N(CCN1CCOCC1)c1nc2c(F)cc(F)cc2s1. The molecule has 4 rings (SSSR count). The number of carbonyl (C=O) groups excluding carboxylic acids is 1. The van der Waals surface area contributed by atoms with Crippen molar-refractivity contribution in [3.05, 3.63) is 53.1 Å². The van der Waals surface area contributed by atoms with Crippen LogP contribution in [-0.2, 0) is 9.53 Å². The number of carbonyl (C=O) groups is 1. The molecule has 0 aliphatic carbocycles. The second-order valence-electron chi connectivity index (χ2n) is 8.21. The van der Waals surface area contributed by atoms with Gasteiger partial charge in [-0.15, -0.1) is 0 Å². The number of aromatic nitrogens is 1. The Hall–Kier alpha value is -2.33. The summed E-state index contributed by atoms with van der Waals surface area (Å²) in [6, 6.07) is 8.74. The fourth-order valence-electron chi connectivity index (χ4n) is 3.58. The van der Waals surface area contributed by atoms with Gasteiger partial charge in [-0.05, 0) is 44.2 Å². The number of amides is 1. The van der Waals surface area contributed by atoms with Gasteiger partial charge in [0.15, 0.2) is 16.5 Å². The largest absolute Gasteiger partial charge is 0.478 e. The van der Waals surface area contributed by atoms with Gasteiger partial charge in [-0.2, -0.15) is 0 Å². The predicted molar refractivity (Wildman–Crippen MR) is 125 cm³/mol. The number of anilines is 1. The summed E-state index contributed by atoms with van der Waals surface area (Å²) in [5.74, 6) is -1.30. The van der Waals surface area contributed by atoms with Crippen molar-refractivity contribution in [1.82, 2.24) is 9.88 Å². The Bertz CT molecular complexity index is 1130. The zero-order chi connectivity index (χ0) is 23.6. The summed E-state index contributed by atoms with van der Waals surface area (Å²) in [6.07, 6.45) is 0. The van der Waals surface area contributed by atoms with Crippen LogP contribution in [0.2, 0.25) is 5.02 Å². The summed E-state index contributed by atoms with van der Waals surface area (Å²) in [5, 5.41) is 0.850. The second-order valence-corrected chi connectivity index (χ2v) is 9.65. The monoisotopic (exact) mass is 495 g/mol. The average Bonchev–Trinajstić information content (AvgIpc) is 3.20. The maximum absolute atomic E-state index is 14.3. The Morgan fingerprint density at radius 2 is 1.94 bits per heavy atom. The molecule has 33 heavy (non-hydrogen) atoms. The lowest BCUT2D eigenvalue weighted by atomic mass is 10.1. The van der Waals surface area contributed by atoms with Crippen molar-refractivity contribution in [3.8, 4) is 5.75 Å². The van der Waals surface area contributed by atoms with E-state index in [1.165, 1.54) is 11.0 Å². The average molecular weight is 496 g/mol. The van der Waals surface area contributed by atoms with Crippen LogP contribution in [0.25, 0.3) is 10.2 Å². The maximum Gasteiger partial charge on any atom is 0.272 e. The molecule has 1 fully saturated rings. The molecule has 6 nitrogen and oxygen atoms in total. The van der Waals surface area contributed by atoms with Gasteiger partial charge in [0.2, 0.25) is 0 Å². The normalized spacial score (nSPS) is 15.1. The van der Waals surface area contributed by atoms with Crippen LogP contribution < -0.4 is 9.64 Å². The number of fused-ring (bicyclic) bond motifs is 1. The highest BCUT2D eigenvalue weighted by molar-refractivity contribution is 7.22. The van der Waals surface area contributed by atoms with Gasteiger partial charge in [-0.1, -0.05) is 22.9 Å². The van der Waals surface area contributed by atoms with Crippen LogP contribution in [0.4, 0.5) is 13.9 Å². The molecule has 0 N–H and O–H groups in total. The summed E-state index contributed by atoms with van der Waals surface area (Å²) in [4.78, 5) is 21.7. The fraction of sp³-hybridized carbons (Fsp3) is 0.391. The van der Waals surface area contributed by atoms with Crippen LogP contribution >= 0.6 is 22.9 Å². The summed E-state index contributed by atoms with van der Waals surface area (Å²) in [6.45, 7) is 7.00. The zero-order valence-electron chi connectivity index (χ0n) is 18.3. The van der Waals surface area contributed by atoms with E-state index in [1.807, 2.05) is 0 Å². The van der Waals surface area contributed by atoms with Crippen LogP contribution in [0.1, 0.15) is 13.8 Å². The molecule has 3 aromatic rings. The van der Waals surface area contributed by atoms with Gasteiger partial charge in [0.05, 0.1) is 17.9 Å². The molecule has 2 aromatic carbocycles. The Kier molecular flexibility index (Phi) is 7.13. The number of thiazole rings is 1. The predicted octanol–water partition coefficient (Wildman–Crippen LogP) is 4.75. The van der Waals surface area contributed by atoms with E-state index in [0.29, 0.717) is 46.9 Å². The number of ether oxygens (including phenoxy) is 2. The molecule has 1 aliphatic rings. The molecule has 10 heteroatoms. The lowest BCUT2D eigenvalue weighted by Gasteiger charge is -2.33. The van der Waals surface area contributed by atoms with Crippen LogP contribution in [0.3, 0.4) is 0 Å². The topological polar surface area (TPSA) is 54.9 Å². The lowest BCUT2D eigenvalue weighted by Crippen LogP contribution is -2.51. The molecule has 1 aliphatic heterocycles. The van der Waals surface area contributed by atoms with E-state index >= 15 is 0 Å². The minimum Gasteiger partial charge on any atom is -0.478 e. The highest BCUT2D eigenvalue weighted by Gasteiger charge is 2.37. The standard InChI is InChI=1S/C23H24ClF2N3O3S/c1-23(2,32-17-5-3-15(24)4-6-17)21(30)29(8-7-28-9-11-31-12-10-28)22-27-20-18(26)13-16(25)14-19(20)33-22/h3-6,13-14H,7-12H2,1-2H3. The molecule has 0 bridgehead atoms. The zero-order valence-corrected chi connectivity index (χ0v) is 19.9. The summed E-state index contributed by atoms with van der Waals surface area (Å²) < 4.78 is 39.7. The number of morpholine rings is 1. The molecular formula is C23H24ClF2N3O3S. The van der Waals surface area contributed by atoms with E-state index in [9.17, 15) is 13.6 Å². The minimum atomic E-state index is -1.25. The molecule has 0 radical (unpaired) electrons. The third-order valence-corrected chi connectivity index (χ3v) is 6.60. The maximum atomic E-state index is 14.3. The van der Waals surface area contributed by atoms with Crippen molar-refractivity contribution in [2.45, 2.75) is 19.4 Å². The molecule has 176 valence electrons. The van der Waals surface area contributed by atoms with E-state index in [0.717, 1.165) is 30.5 Å². The van der Waals surface area contributed by atoms with Crippen LogP contribution in [0.15, 0.2) is 36.4 Å². The van der Waals surface area contributed by atoms with Crippen molar-refractivity contribution in [1.29, 1.82) is 0 Å². The number of rotatable bonds is 7. The van der Waals surface area contributed by atoms with Gasteiger partial charge >= 0.3 is 0 Å². The number of nitrogens with zero attached hydrogens (tertiary/aromatic N) is 3. The Morgan fingerprint density at radius 3 is 2.64 bits per heavy atom. The van der Waals surface area contributed by atoms with Crippen LogP contribution in [0, 0.1) is 11.6 Å². The number of halogens is 3. The quantitative estimate of drug-likeness (QED) is 0.473. The van der Waals surface area contributed by atoms with Crippen molar-refractivity contribution in [2.24, 2.45) is 0 Å². The summed E-state index contributed by atoms with van der Waals surface area (Å²) in [7, 11) is 0. The third-order valence-electron chi connectivity index (χ3n) is 5.32. The van der Waals surface area contributed by atoms with Gasteiger partial charge in [-0.25, -0.2) is 13.8 Å². The van der Waals surface area contributed by atoms with Gasteiger partial charge in [-0.3, -0.25) is 14.6 Å². The van der Waals surface area contributed by atoms with Crippen molar-refractivity contribution >= 4 is 44.2 Å². The van der Waals surface area contributed by atoms with Crippen LogP contribution in [0.5, 0.6) is 5.75 Å². The van der Waals surface area contributed by atoms with Crippen molar-refractivity contribution < 1.29 is 23.0 Å². The van der Waals surface area contributed by atoms with Gasteiger partial charge < -0.3 is 9.47 Å². The summed E-state index contributed by atoms with van der Waals surface area (Å²) >= 11 is 7.02. The van der Waals surface area contributed by atoms with Gasteiger partial charge in [0.25, 0.3) is 5.91 Å². The molecule has 0 unspecified atom stereocenters. The summed E-state index contributed by atoms with van der Waals surface area (Å²) in [5.41, 5.74) is -1.21. The van der Waals surface area contributed by atoms with E-state index in [-0.39, 0.29) is 11.4 Å². The Morgan fingerprint density at radius 1 is 1.24 bits per heavy atom. The molecule has 0 atom stereocenters. The third kappa shape index (κ3) is 5.60. The first-order valence-electron chi connectivity index (χ1n) is 10.6. The molecular weight excluding hydrogens is 472 g/mol. The fourth-order valence-corrected chi connectivity index (χ4v) is 4.73. The first-order valence-corrected chi connectivity index (χ1v) is 11.7. The van der Waals surface area contributed by atoms with Crippen molar-refractivity contribution in [3.63, 3.8) is 0 Å². The van der Waals surface area contributed by atoms with E-state index < -0.39 is 17.2 Å². The molecule has 2 heterocycles. The van der Waals surface area contributed by atoms with Crippen LogP contribution in [-0.4, -0.2) is 60.8 Å². The first kappa shape index (κ1) is 23.8. The highest BCUT2D eigenvalue weighted by Crippen LogP contribution is 2.33. The van der Waals surface area contributed by atoms with Crippen molar-refractivity contribution in [2.75, 3.05) is 44.3 Å². The second kappa shape index (κ2) is 9.89. The minimum absolute atomic E-state index is 0.0389. The Balaban J connectivity index is 1.63. The number of hydrogen-bond acceptors (Lipinski definition) is 6. The molecule has 1 aromatic heterocycles. The highest BCUT2D eigenvalue weighted by atomic mass is 35.5. The number of hydrogen-bond donors (Lipinski definition) is 0. The Labute approximate surface area is 199 Å². The van der Waals surface area contributed by atoms with Gasteiger partial charge in [0, 0.05) is 37.3 Å². The van der Waals surface area contributed by atoms with E-state index in [2.05, 4.69) is 9.88 Å². The van der Waals surface area contributed by atoms with E-state index in [4.69, 9.17) is 21.1 Å². The molecule has 0 saturated carbocycles. The van der Waals surface area contributed by atoms with E-state index in [1.54, 1.807) is 38.1 Å².